The maximum Gasteiger partial charge on any atom is 0.0346 e. The van der Waals surface area contributed by atoms with Gasteiger partial charge in [-0.15, -0.1) is 0 Å². The van der Waals surface area contributed by atoms with Gasteiger partial charge in [-0.2, -0.15) is 0 Å². The van der Waals surface area contributed by atoms with Crippen molar-refractivity contribution in [2.75, 3.05) is 0 Å². The van der Waals surface area contributed by atoms with E-state index in [-0.39, 0.29) is 0 Å². The van der Waals surface area contributed by atoms with Crippen LogP contribution in [0, 0.1) is 6.92 Å². The molecular formula is C19H20N2. The normalized spacial score (nSPS) is 12.5. The van der Waals surface area contributed by atoms with E-state index in [1.807, 2.05) is 12.4 Å². The molecule has 0 aliphatic heterocycles. The Bertz CT molecular complexity index is 727. The maximum absolute atomic E-state index is 4.18. The standard InChI is InChI=1S/C19H20N2/c1-14-6-8-16(9-7-14)15(2)21-13-18-5-3-4-17-12-20-11-10-19(17)18/h3-12,15,21H,13H2,1-2H3/t15-/m1/s1. The molecule has 3 rings (SSSR count). The lowest BCUT2D eigenvalue weighted by atomic mass is 10.0. The number of aromatic nitrogens is 1. The van der Waals surface area contributed by atoms with E-state index < -0.39 is 0 Å². The smallest absolute Gasteiger partial charge is 0.0346 e. The third kappa shape index (κ3) is 3.11. The number of pyridine rings is 1. The second kappa shape index (κ2) is 6.06. The number of hydrogen-bond donors (Lipinski definition) is 1. The van der Waals surface area contributed by atoms with Crippen molar-refractivity contribution < 1.29 is 0 Å². The van der Waals surface area contributed by atoms with E-state index >= 15 is 0 Å². The predicted molar refractivity (Wildman–Crippen MR) is 88.2 cm³/mol. The zero-order chi connectivity index (χ0) is 14.7. The van der Waals surface area contributed by atoms with Gasteiger partial charge >= 0.3 is 0 Å². The van der Waals surface area contributed by atoms with Gasteiger partial charge in [0.25, 0.3) is 0 Å². The molecule has 0 saturated heterocycles. The SMILES string of the molecule is Cc1ccc([C@@H](C)NCc2cccc3cnccc23)cc1. The summed E-state index contributed by atoms with van der Waals surface area (Å²) >= 11 is 0. The van der Waals surface area contributed by atoms with Gasteiger partial charge in [-0.05, 0) is 36.4 Å². The van der Waals surface area contributed by atoms with Gasteiger partial charge < -0.3 is 5.32 Å². The number of nitrogens with zero attached hydrogens (tertiary/aromatic N) is 1. The molecular weight excluding hydrogens is 256 g/mol. The quantitative estimate of drug-likeness (QED) is 0.764. The van der Waals surface area contributed by atoms with Crippen molar-refractivity contribution in [3.8, 4) is 0 Å². The van der Waals surface area contributed by atoms with Crippen LogP contribution >= 0.6 is 0 Å². The fourth-order valence-electron chi connectivity index (χ4n) is 2.58. The van der Waals surface area contributed by atoms with E-state index in [0.29, 0.717) is 6.04 Å². The molecule has 0 saturated carbocycles. The molecule has 0 bridgehead atoms. The Morgan fingerprint density at radius 3 is 2.67 bits per heavy atom. The average Bonchev–Trinajstić information content (AvgIpc) is 2.53. The molecule has 2 heteroatoms. The molecule has 1 heterocycles. The lowest BCUT2D eigenvalue weighted by molar-refractivity contribution is 0.576. The molecule has 1 atom stereocenters. The van der Waals surface area contributed by atoms with E-state index in [4.69, 9.17) is 0 Å². The third-order valence-electron chi connectivity index (χ3n) is 3.95. The third-order valence-corrected chi connectivity index (χ3v) is 3.95. The van der Waals surface area contributed by atoms with Crippen molar-refractivity contribution in [2.24, 2.45) is 0 Å². The van der Waals surface area contributed by atoms with Crippen LogP contribution in [0.4, 0.5) is 0 Å². The number of nitrogens with one attached hydrogen (secondary N) is 1. The van der Waals surface area contributed by atoms with Gasteiger partial charge in [0, 0.05) is 30.4 Å². The number of aryl methyl sites for hydroxylation is 1. The van der Waals surface area contributed by atoms with Crippen LogP contribution in [0.2, 0.25) is 0 Å². The highest BCUT2D eigenvalue weighted by molar-refractivity contribution is 5.84. The summed E-state index contributed by atoms with van der Waals surface area (Å²) in [7, 11) is 0. The summed E-state index contributed by atoms with van der Waals surface area (Å²) < 4.78 is 0. The summed E-state index contributed by atoms with van der Waals surface area (Å²) in [5.41, 5.74) is 3.93. The summed E-state index contributed by atoms with van der Waals surface area (Å²) in [5, 5.41) is 6.07. The fourth-order valence-corrected chi connectivity index (χ4v) is 2.58. The van der Waals surface area contributed by atoms with Crippen molar-refractivity contribution in [3.05, 3.63) is 77.6 Å². The van der Waals surface area contributed by atoms with E-state index in [1.54, 1.807) is 0 Å². The minimum absolute atomic E-state index is 0.336. The molecule has 106 valence electrons. The van der Waals surface area contributed by atoms with E-state index in [2.05, 4.69) is 72.7 Å². The maximum atomic E-state index is 4.18. The van der Waals surface area contributed by atoms with Crippen LogP contribution in [0.25, 0.3) is 10.8 Å². The van der Waals surface area contributed by atoms with Gasteiger partial charge in [-0.3, -0.25) is 4.98 Å². The Balaban J connectivity index is 1.76. The van der Waals surface area contributed by atoms with E-state index in [9.17, 15) is 0 Å². The van der Waals surface area contributed by atoms with Crippen LogP contribution in [-0.4, -0.2) is 4.98 Å². The van der Waals surface area contributed by atoms with Gasteiger partial charge in [0.05, 0.1) is 0 Å². The minimum atomic E-state index is 0.336. The van der Waals surface area contributed by atoms with Crippen molar-refractivity contribution in [1.82, 2.24) is 10.3 Å². The minimum Gasteiger partial charge on any atom is -0.306 e. The average molecular weight is 276 g/mol. The first-order valence-corrected chi connectivity index (χ1v) is 7.35. The van der Waals surface area contributed by atoms with Gasteiger partial charge in [0.2, 0.25) is 0 Å². The highest BCUT2D eigenvalue weighted by atomic mass is 14.9. The Hall–Kier alpha value is -2.19. The molecule has 0 spiro atoms. The molecule has 0 radical (unpaired) electrons. The molecule has 21 heavy (non-hydrogen) atoms. The zero-order valence-corrected chi connectivity index (χ0v) is 12.5. The molecule has 0 aliphatic rings. The first kappa shape index (κ1) is 13.8. The first-order chi connectivity index (χ1) is 10.2. The van der Waals surface area contributed by atoms with Crippen molar-refractivity contribution in [2.45, 2.75) is 26.4 Å². The van der Waals surface area contributed by atoms with Crippen LogP contribution in [-0.2, 0) is 6.54 Å². The Kier molecular flexibility index (Phi) is 3.98. The summed E-state index contributed by atoms with van der Waals surface area (Å²) in [6.45, 7) is 5.18. The molecule has 2 nitrogen and oxygen atoms in total. The summed E-state index contributed by atoms with van der Waals surface area (Å²) in [4.78, 5) is 4.18. The molecule has 1 aromatic heterocycles. The van der Waals surface area contributed by atoms with Gasteiger partial charge in [-0.25, -0.2) is 0 Å². The zero-order valence-electron chi connectivity index (χ0n) is 12.5. The second-order valence-electron chi connectivity index (χ2n) is 5.53. The predicted octanol–water partition coefficient (Wildman–Crippen LogP) is 4.39. The number of fused-ring (bicyclic) bond motifs is 1. The Labute approximate surface area is 125 Å². The van der Waals surface area contributed by atoms with Crippen molar-refractivity contribution in [3.63, 3.8) is 0 Å². The lowest BCUT2D eigenvalue weighted by Gasteiger charge is -2.15. The van der Waals surface area contributed by atoms with Gasteiger partial charge in [0.1, 0.15) is 0 Å². The molecule has 3 aromatic rings. The van der Waals surface area contributed by atoms with Gasteiger partial charge in [0.15, 0.2) is 0 Å². The first-order valence-electron chi connectivity index (χ1n) is 7.35. The number of rotatable bonds is 4. The molecule has 2 aromatic carbocycles. The second-order valence-corrected chi connectivity index (χ2v) is 5.53. The Morgan fingerprint density at radius 2 is 1.86 bits per heavy atom. The monoisotopic (exact) mass is 276 g/mol. The highest BCUT2D eigenvalue weighted by Crippen LogP contribution is 2.19. The van der Waals surface area contributed by atoms with Crippen LogP contribution in [0.5, 0.6) is 0 Å². The van der Waals surface area contributed by atoms with Crippen LogP contribution in [0.1, 0.15) is 29.7 Å². The lowest BCUT2D eigenvalue weighted by Crippen LogP contribution is -2.18. The molecule has 0 fully saturated rings. The van der Waals surface area contributed by atoms with Crippen LogP contribution in [0.15, 0.2) is 60.9 Å². The van der Waals surface area contributed by atoms with Crippen LogP contribution < -0.4 is 5.32 Å². The molecule has 1 N–H and O–H groups in total. The summed E-state index contributed by atoms with van der Waals surface area (Å²) in [5.74, 6) is 0. The molecule has 0 aliphatic carbocycles. The van der Waals surface area contributed by atoms with Gasteiger partial charge in [-0.1, -0.05) is 48.0 Å². The van der Waals surface area contributed by atoms with E-state index in [1.165, 1.54) is 27.5 Å². The van der Waals surface area contributed by atoms with Crippen LogP contribution in [0.3, 0.4) is 0 Å². The highest BCUT2D eigenvalue weighted by Gasteiger charge is 2.06. The topological polar surface area (TPSA) is 24.9 Å². The van der Waals surface area contributed by atoms with Crippen molar-refractivity contribution >= 4 is 10.8 Å². The fraction of sp³-hybridized carbons (Fsp3) is 0.211. The summed E-state index contributed by atoms with van der Waals surface area (Å²) in [6, 6.07) is 17.5. The summed E-state index contributed by atoms with van der Waals surface area (Å²) in [6.07, 6.45) is 3.78. The Morgan fingerprint density at radius 1 is 1.05 bits per heavy atom. The number of hydrogen-bond acceptors (Lipinski definition) is 2. The number of benzene rings is 2. The van der Waals surface area contributed by atoms with E-state index in [0.717, 1.165) is 6.54 Å². The molecule has 0 amide bonds. The largest absolute Gasteiger partial charge is 0.306 e. The van der Waals surface area contributed by atoms with Crippen molar-refractivity contribution in [1.29, 1.82) is 0 Å². The molecule has 0 unspecified atom stereocenters.